The molecule has 2 rings (SSSR count). The van der Waals surface area contributed by atoms with Gasteiger partial charge in [0.25, 0.3) is 10.0 Å². The zero-order valence-electron chi connectivity index (χ0n) is 13.9. The van der Waals surface area contributed by atoms with Gasteiger partial charge in [0.2, 0.25) is 0 Å². The van der Waals surface area contributed by atoms with Crippen LogP contribution in [0.1, 0.15) is 17.3 Å². The van der Waals surface area contributed by atoms with Gasteiger partial charge in [-0.15, -0.1) is 0 Å². The van der Waals surface area contributed by atoms with Gasteiger partial charge in [-0.1, -0.05) is 15.9 Å². The molecular formula is C17H18BrNO6S. The molecule has 0 spiro atoms. The monoisotopic (exact) mass is 443 g/mol. The largest absolute Gasteiger partial charge is 0.490 e. The molecular weight excluding hydrogens is 426 g/mol. The Morgan fingerprint density at radius 1 is 1.15 bits per heavy atom. The zero-order chi connectivity index (χ0) is 19.2. The van der Waals surface area contributed by atoms with E-state index in [0.717, 1.165) is 0 Å². The minimum Gasteiger partial charge on any atom is -0.490 e. The van der Waals surface area contributed by atoms with Crippen LogP contribution in [0.25, 0.3) is 0 Å². The molecule has 0 aliphatic heterocycles. The van der Waals surface area contributed by atoms with Crippen LogP contribution >= 0.6 is 15.9 Å². The molecule has 0 amide bonds. The number of carboxylic acid groups (broad SMARTS) is 1. The van der Waals surface area contributed by atoms with E-state index < -0.39 is 16.0 Å². The van der Waals surface area contributed by atoms with Crippen LogP contribution in [-0.4, -0.2) is 39.3 Å². The summed E-state index contributed by atoms with van der Waals surface area (Å²) in [6.45, 7) is 2.96. The number of halogens is 1. The summed E-state index contributed by atoms with van der Waals surface area (Å²) in [6.07, 6.45) is 0. The fraction of sp³-hybridized carbons (Fsp3) is 0.235. The van der Waals surface area contributed by atoms with Gasteiger partial charge in [-0.05, 0) is 49.4 Å². The number of ether oxygens (including phenoxy) is 2. The molecule has 0 fully saturated rings. The summed E-state index contributed by atoms with van der Waals surface area (Å²) in [6, 6.07) is 10.1. The van der Waals surface area contributed by atoms with Gasteiger partial charge in [0.05, 0.1) is 12.2 Å². The summed E-state index contributed by atoms with van der Waals surface area (Å²) in [7, 11) is -3.94. The predicted molar refractivity (Wildman–Crippen MR) is 100 cm³/mol. The molecule has 2 N–H and O–H groups in total. The molecule has 2 aromatic rings. The van der Waals surface area contributed by atoms with E-state index in [0.29, 0.717) is 17.7 Å². The Balaban J connectivity index is 2.23. The number of benzene rings is 2. The highest BCUT2D eigenvalue weighted by Crippen LogP contribution is 2.29. The van der Waals surface area contributed by atoms with Crippen molar-refractivity contribution in [2.75, 3.05) is 24.5 Å². The molecule has 0 unspecified atom stereocenters. The van der Waals surface area contributed by atoms with Gasteiger partial charge in [0, 0.05) is 16.8 Å². The number of nitrogens with one attached hydrogen (secondary N) is 1. The molecule has 0 bridgehead atoms. The predicted octanol–water partition coefficient (Wildman–Crippen LogP) is 3.36. The first-order chi connectivity index (χ1) is 12.3. The topological polar surface area (TPSA) is 102 Å². The van der Waals surface area contributed by atoms with Gasteiger partial charge in [-0.2, -0.15) is 0 Å². The van der Waals surface area contributed by atoms with Crippen molar-refractivity contribution >= 4 is 37.6 Å². The van der Waals surface area contributed by atoms with Crippen LogP contribution in [-0.2, 0) is 14.8 Å². The van der Waals surface area contributed by atoms with Crippen molar-refractivity contribution in [2.24, 2.45) is 0 Å². The van der Waals surface area contributed by atoms with Crippen LogP contribution in [0.4, 0.5) is 5.69 Å². The van der Waals surface area contributed by atoms with Gasteiger partial charge in [-0.3, -0.25) is 4.72 Å². The Morgan fingerprint density at radius 3 is 2.46 bits per heavy atom. The fourth-order valence-corrected chi connectivity index (χ4v) is 3.80. The number of aromatic carboxylic acids is 1. The average molecular weight is 444 g/mol. The quantitative estimate of drug-likeness (QED) is 0.576. The van der Waals surface area contributed by atoms with E-state index in [1.807, 2.05) is 6.92 Å². The Kier molecular flexibility index (Phi) is 7.01. The third-order valence-corrected chi connectivity index (χ3v) is 5.16. The van der Waals surface area contributed by atoms with Crippen LogP contribution in [0.15, 0.2) is 51.8 Å². The Bertz CT molecular complexity index is 867. The summed E-state index contributed by atoms with van der Waals surface area (Å²) in [4.78, 5) is 10.8. The van der Waals surface area contributed by atoms with E-state index in [1.165, 1.54) is 30.3 Å². The van der Waals surface area contributed by atoms with Crippen molar-refractivity contribution < 1.29 is 27.8 Å². The first-order valence-electron chi connectivity index (χ1n) is 7.69. The molecule has 0 atom stereocenters. The number of hydrogen-bond acceptors (Lipinski definition) is 5. The second-order valence-electron chi connectivity index (χ2n) is 5.12. The SMILES string of the molecule is CCOCCOc1ccc(Br)cc1S(=O)(=O)Nc1ccc(C(=O)O)cc1. The van der Waals surface area contributed by atoms with Crippen molar-refractivity contribution in [3.8, 4) is 5.75 Å². The van der Waals surface area contributed by atoms with E-state index in [-0.39, 0.29) is 28.5 Å². The molecule has 0 saturated carbocycles. The first-order valence-corrected chi connectivity index (χ1v) is 9.97. The Labute approximate surface area is 160 Å². The Morgan fingerprint density at radius 2 is 1.85 bits per heavy atom. The molecule has 0 saturated heterocycles. The van der Waals surface area contributed by atoms with Crippen molar-refractivity contribution in [3.63, 3.8) is 0 Å². The fourth-order valence-electron chi connectivity index (χ4n) is 2.06. The third-order valence-electron chi connectivity index (χ3n) is 3.27. The molecule has 0 aliphatic carbocycles. The van der Waals surface area contributed by atoms with E-state index >= 15 is 0 Å². The summed E-state index contributed by atoms with van der Waals surface area (Å²) in [5.41, 5.74) is 0.311. The molecule has 2 aromatic carbocycles. The molecule has 0 aliphatic rings. The molecule has 7 nitrogen and oxygen atoms in total. The van der Waals surface area contributed by atoms with Crippen LogP contribution in [0, 0.1) is 0 Å². The van der Waals surface area contributed by atoms with Gasteiger partial charge in [0.15, 0.2) is 0 Å². The lowest BCUT2D eigenvalue weighted by Crippen LogP contribution is -2.16. The highest BCUT2D eigenvalue weighted by molar-refractivity contribution is 9.10. The number of hydrogen-bond donors (Lipinski definition) is 2. The van der Waals surface area contributed by atoms with Crippen molar-refractivity contribution in [2.45, 2.75) is 11.8 Å². The number of carbonyl (C=O) groups is 1. The normalized spacial score (nSPS) is 11.2. The van der Waals surface area contributed by atoms with Crippen molar-refractivity contribution in [3.05, 3.63) is 52.5 Å². The molecule has 26 heavy (non-hydrogen) atoms. The lowest BCUT2D eigenvalue weighted by molar-refractivity contribution is 0.0697. The van der Waals surface area contributed by atoms with Gasteiger partial charge >= 0.3 is 5.97 Å². The lowest BCUT2D eigenvalue weighted by atomic mass is 10.2. The first kappa shape index (κ1) is 20.2. The van der Waals surface area contributed by atoms with E-state index in [2.05, 4.69) is 20.7 Å². The lowest BCUT2D eigenvalue weighted by Gasteiger charge is -2.14. The number of carboxylic acids is 1. The standard InChI is InChI=1S/C17H18BrNO6S/c1-2-24-9-10-25-15-8-5-13(18)11-16(15)26(22,23)19-14-6-3-12(4-7-14)17(20)21/h3-8,11,19H,2,9-10H2,1H3,(H,20,21). The second kappa shape index (κ2) is 9.02. The number of sulfonamides is 1. The molecule has 0 radical (unpaired) electrons. The number of rotatable bonds is 9. The summed E-state index contributed by atoms with van der Waals surface area (Å²) in [5, 5.41) is 8.90. The maximum Gasteiger partial charge on any atom is 0.335 e. The van der Waals surface area contributed by atoms with Crippen LogP contribution in [0.2, 0.25) is 0 Å². The van der Waals surface area contributed by atoms with E-state index in [1.54, 1.807) is 12.1 Å². The molecule has 9 heteroatoms. The summed E-state index contributed by atoms with van der Waals surface area (Å²) in [5.74, 6) is -0.890. The smallest absolute Gasteiger partial charge is 0.335 e. The molecule has 0 heterocycles. The minimum atomic E-state index is -3.94. The average Bonchev–Trinajstić information content (AvgIpc) is 2.60. The maximum absolute atomic E-state index is 12.7. The highest BCUT2D eigenvalue weighted by Gasteiger charge is 2.21. The highest BCUT2D eigenvalue weighted by atomic mass is 79.9. The van der Waals surface area contributed by atoms with E-state index in [9.17, 15) is 13.2 Å². The zero-order valence-corrected chi connectivity index (χ0v) is 16.3. The maximum atomic E-state index is 12.7. The van der Waals surface area contributed by atoms with Crippen LogP contribution in [0.3, 0.4) is 0 Å². The van der Waals surface area contributed by atoms with Crippen LogP contribution < -0.4 is 9.46 Å². The van der Waals surface area contributed by atoms with Gasteiger partial charge in [0.1, 0.15) is 17.3 Å². The number of anilines is 1. The second-order valence-corrected chi connectivity index (χ2v) is 7.69. The van der Waals surface area contributed by atoms with Gasteiger partial charge in [-0.25, -0.2) is 13.2 Å². The summed E-state index contributed by atoms with van der Waals surface area (Å²) < 4.78 is 39.2. The van der Waals surface area contributed by atoms with Gasteiger partial charge < -0.3 is 14.6 Å². The third kappa shape index (κ3) is 5.45. The minimum absolute atomic E-state index is 0.0364. The molecule has 140 valence electrons. The van der Waals surface area contributed by atoms with Crippen molar-refractivity contribution in [1.29, 1.82) is 0 Å². The van der Waals surface area contributed by atoms with E-state index in [4.69, 9.17) is 14.6 Å². The summed E-state index contributed by atoms with van der Waals surface area (Å²) >= 11 is 3.25. The molecule has 0 aromatic heterocycles. The Hall–Kier alpha value is -2.10. The van der Waals surface area contributed by atoms with Crippen LogP contribution in [0.5, 0.6) is 5.75 Å². The van der Waals surface area contributed by atoms with Crippen molar-refractivity contribution in [1.82, 2.24) is 0 Å².